The summed E-state index contributed by atoms with van der Waals surface area (Å²) in [6.45, 7) is 4.42. The van der Waals surface area contributed by atoms with Gasteiger partial charge in [-0.25, -0.2) is 4.68 Å². The van der Waals surface area contributed by atoms with Crippen LogP contribution in [0.15, 0.2) is 29.3 Å². The minimum absolute atomic E-state index is 0.133. The Morgan fingerprint density at radius 3 is 2.78 bits per heavy atom. The van der Waals surface area contributed by atoms with E-state index in [1.165, 1.54) is 4.68 Å². The van der Waals surface area contributed by atoms with Gasteiger partial charge in [0.15, 0.2) is 0 Å². The molecule has 2 rings (SSSR count). The first-order chi connectivity index (χ1) is 8.54. The smallest absolute Gasteiger partial charge is 0.269 e. The van der Waals surface area contributed by atoms with Crippen molar-refractivity contribution in [3.05, 3.63) is 40.6 Å². The fraction of sp³-hybridized carbons (Fsp3) is 0.417. The highest BCUT2D eigenvalue weighted by Crippen LogP contribution is 2.03. The molecule has 96 valence electrons. The highest BCUT2D eigenvalue weighted by Gasteiger charge is 2.04. The zero-order valence-corrected chi connectivity index (χ0v) is 10.8. The van der Waals surface area contributed by atoms with E-state index >= 15 is 0 Å². The third-order valence-electron chi connectivity index (χ3n) is 2.41. The van der Waals surface area contributed by atoms with Crippen LogP contribution in [0.3, 0.4) is 0 Å². The fourth-order valence-electron chi connectivity index (χ4n) is 1.67. The lowest BCUT2D eigenvalue weighted by molar-refractivity contribution is 0.614. The van der Waals surface area contributed by atoms with E-state index in [2.05, 4.69) is 15.5 Å². The summed E-state index contributed by atoms with van der Waals surface area (Å²) in [4.78, 5) is 11.9. The van der Waals surface area contributed by atoms with Crippen LogP contribution in [0.4, 0.5) is 5.69 Å². The zero-order chi connectivity index (χ0) is 13.1. The van der Waals surface area contributed by atoms with Gasteiger partial charge in [0.05, 0.1) is 24.1 Å². The monoisotopic (exact) mass is 247 g/mol. The quantitative estimate of drug-likeness (QED) is 0.869. The van der Waals surface area contributed by atoms with Crippen LogP contribution in [0.2, 0.25) is 0 Å². The van der Waals surface area contributed by atoms with Crippen molar-refractivity contribution in [1.82, 2.24) is 19.6 Å². The third kappa shape index (κ3) is 2.97. The van der Waals surface area contributed by atoms with Crippen molar-refractivity contribution >= 4 is 5.69 Å². The lowest BCUT2D eigenvalue weighted by Gasteiger charge is -2.09. The number of aromatic nitrogens is 4. The molecule has 0 fully saturated rings. The summed E-state index contributed by atoms with van der Waals surface area (Å²) in [5, 5.41) is 11.5. The molecule has 0 amide bonds. The Morgan fingerprint density at radius 1 is 1.44 bits per heavy atom. The predicted octanol–water partition coefficient (Wildman–Crippen LogP) is 0.845. The van der Waals surface area contributed by atoms with Crippen molar-refractivity contribution in [3.63, 3.8) is 0 Å². The summed E-state index contributed by atoms with van der Waals surface area (Å²) in [5.74, 6) is 0. The van der Waals surface area contributed by atoms with E-state index < -0.39 is 0 Å². The van der Waals surface area contributed by atoms with Crippen molar-refractivity contribution in [2.45, 2.75) is 26.4 Å². The number of anilines is 1. The van der Waals surface area contributed by atoms with Crippen LogP contribution in [-0.2, 0) is 13.6 Å². The second-order valence-corrected chi connectivity index (χ2v) is 4.52. The molecule has 0 aliphatic carbocycles. The van der Waals surface area contributed by atoms with Crippen LogP contribution in [0.1, 0.15) is 19.5 Å². The van der Waals surface area contributed by atoms with Gasteiger partial charge in [0.2, 0.25) is 0 Å². The van der Waals surface area contributed by atoms with Crippen LogP contribution < -0.4 is 10.9 Å². The van der Waals surface area contributed by atoms with Gasteiger partial charge < -0.3 is 5.32 Å². The summed E-state index contributed by atoms with van der Waals surface area (Å²) in [6, 6.07) is 3.70. The van der Waals surface area contributed by atoms with Gasteiger partial charge in [0.25, 0.3) is 5.56 Å². The minimum Gasteiger partial charge on any atom is -0.381 e. The molecule has 0 aliphatic heterocycles. The molecule has 0 aromatic carbocycles. The summed E-state index contributed by atoms with van der Waals surface area (Å²) in [6.07, 6.45) is 3.50. The molecule has 0 unspecified atom stereocenters. The molecule has 0 aliphatic rings. The van der Waals surface area contributed by atoms with Gasteiger partial charge in [0.1, 0.15) is 0 Å². The van der Waals surface area contributed by atoms with Crippen molar-refractivity contribution < 1.29 is 0 Å². The molecule has 0 saturated heterocycles. The number of hydrogen-bond acceptors (Lipinski definition) is 4. The number of hydrogen-bond donors (Lipinski definition) is 1. The lowest BCUT2D eigenvalue weighted by atomic mass is 10.3. The van der Waals surface area contributed by atoms with Crippen LogP contribution in [0.25, 0.3) is 0 Å². The molecule has 0 spiro atoms. The molecule has 0 radical (unpaired) electrons. The zero-order valence-electron chi connectivity index (χ0n) is 10.8. The Balaban J connectivity index is 2.17. The molecule has 1 N–H and O–H groups in total. The minimum atomic E-state index is -0.133. The van der Waals surface area contributed by atoms with Crippen LogP contribution in [0, 0.1) is 0 Å². The Kier molecular flexibility index (Phi) is 3.45. The van der Waals surface area contributed by atoms with Crippen molar-refractivity contribution in [1.29, 1.82) is 0 Å². The first-order valence-electron chi connectivity index (χ1n) is 5.87. The Hall–Kier alpha value is -2.11. The lowest BCUT2D eigenvalue weighted by Crippen LogP contribution is -2.24. The van der Waals surface area contributed by atoms with Crippen molar-refractivity contribution in [2.24, 2.45) is 7.05 Å². The molecule has 2 aromatic heterocycles. The predicted molar refractivity (Wildman–Crippen MR) is 69.6 cm³/mol. The molecule has 18 heavy (non-hydrogen) atoms. The standard InChI is InChI=1S/C12H17N5O/c1-9(2)14-11-6-12(18)17(13-7-11)8-10-4-5-16(3)15-10/h4-7,9,14H,8H2,1-3H3. The van der Waals surface area contributed by atoms with Gasteiger partial charge in [0, 0.05) is 25.4 Å². The molecule has 2 aromatic rings. The molecule has 0 atom stereocenters. The van der Waals surface area contributed by atoms with Gasteiger partial charge in [-0.3, -0.25) is 9.48 Å². The summed E-state index contributed by atoms with van der Waals surface area (Å²) in [7, 11) is 1.84. The van der Waals surface area contributed by atoms with Gasteiger partial charge in [-0.15, -0.1) is 0 Å². The van der Waals surface area contributed by atoms with E-state index in [4.69, 9.17) is 0 Å². The normalized spacial score (nSPS) is 10.9. The second-order valence-electron chi connectivity index (χ2n) is 4.52. The molecule has 2 heterocycles. The molecular weight excluding hydrogens is 230 g/mol. The van der Waals surface area contributed by atoms with Crippen LogP contribution in [-0.4, -0.2) is 25.6 Å². The largest absolute Gasteiger partial charge is 0.381 e. The number of rotatable bonds is 4. The molecule has 0 saturated carbocycles. The summed E-state index contributed by atoms with van der Waals surface area (Å²) < 4.78 is 3.10. The summed E-state index contributed by atoms with van der Waals surface area (Å²) >= 11 is 0. The molecule has 6 nitrogen and oxygen atoms in total. The highest BCUT2D eigenvalue weighted by molar-refractivity contribution is 5.39. The maximum atomic E-state index is 11.9. The highest BCUT2D eigenvalue weighted by atomic mass is 16.1. The summed E-state index contributed by atoms with van der Waals surface area (Å²) in [5.41, 5.74) is 1.43. The average Bonchev–Trinajstić information content (AvgIpc) is 2.67. The maximum Gasteiger partial charge on any atom is 0.269 e. The molecular formula is C12H17N5O. The number of nitrogens with zero attached hydrogens (tertiary/aromatic N) is 4. The van der Waals surface area contributed by atoms with Gasteiger partial charge in [-0.05, 0) is 19.9 Å². The fourth-order valence-corrected chi connectivity index (χ4v) is 1.67. The van der Waals surface area contributed by atoms with Crippen molar-refractivity contribution in [3.8, 4) is 0 Å². The first-order valence-corrected chi connectivity index (χ1v) is 5.87. The van der Waals surface area contributed by atoms with E-state index in [9.17, 15) is 4.79 Å². The Labute approximate surface area is 105 Å². The van der Waals surface area contributed by atoms with Gasteiger partial charge in [-0.1, -0.05) is 0 Å². The third-order valence-corrected chi connectivity index (χ3v) is 2.41. The van der Waals surface area contributed by atoms with E-state index in [1.54, 1.807) is 16.9 Å². The Morgan fingerprint density at radius 2 is 2.22 bits per heavy atom. The van der Waals surface area contributed by atoms with Gasteiger partial charge in [-0.2, -0.15) is 10.2 Å². The Bertz CT molecular complexity index is 584. The van der Waals surface area contributed by atoms with E-state index in [0.29, 0.717) is 6.54 Å². The topological polar surface area (TPSA) is 64.7 Å². The number of nitrogens with one attached hydrogen (secondary N) is 1. The van der Waals surface area contributed by atoms with E-state index in [0.717, 1.165) is 11.4 Å². The average molecular weight is 247 g/mol. The van der Waals surface area contributed by atoms with E-state index in [1.807, 2.05) is 33.2 Å². The maximum absolute atomic E-state index is 11.9. The van der Waals surface area contributed by atoms with Gasteiger partial charge >= 0.3 is 0 Å². The SMILES string of the molecule is CC(C)Nc1cnn(Cc2ccn(C)n2)c(=O)c1. The number of aryl methyl sites for hydroxylation is 1. The first kappa shape index (κ1) is 12.3. The van der Waals surface area contributed by atoms with Crippen LogP contribution in [0.5, 0.6) is 0 Å². The second kappa shape index (κ2) is 5.03. The van der Waals surface area contributed by atoms with E-state index in [-0.39, 0.29) is 11.6 Å². The molecule has 6 heteroatoms. The molecule has 0 bridgehead atoms. The van der Waals surface area contributed by atoms with Crippen molar-refractivity contribution in [2.75, 3.05) is 5.32 Å². The van der Waals surface area contributed by atoms with Crippen LogP contribution >= 0.6 is 0 Å².